The fourth-order valence-corrected chi connectivity index (χ4v) is 1.64. The van der Waals surface area contributed by atoms with Crippen molar-refractivity contribution in [1.29, 1.82) is 0 Å². The van der Waals surface area contributed by atoms with Crippen LogP contribution in [-0.2, 0) is 20.8 Å². The van der Waals surface area contributed by atoms with E-state index in [2.05, 4.69) is 4.84 Å². The minimum absolute atomic E-state index is 0.157. The molecule has 20 heavy (non-hydrogen) atoms. The fraction of sp³-hybridized carbons (Fsp3) is 0.462. The average molecular weight is 282 g/mol. The zero-order chi connectivity index (χ0) is 15.0. The first-order valence-electron chi connectivity index (χ1n) is 6.32. The number of esters is 1. The van der Waals surface area contributed by atoms with E-state index in [1.807, 2.05) is 13.0 Å². The van der Waals surface area contributed by atoms with Crippen molar-refractivity contribution in [3.63, 3.8) is 0 Å². The fourth-order valence-electron chi connectivity index (χ4n) is 1.64. The first kappa shape index (κ1) is 15.9. The Morgan fingerprint density at radius 1 is 1.40 bits per heavy atom. The summed E-state index contributed by atoms with van der Waals surface area (Å²) < 4.78 is 4.89. The van der Waals surface area contributed by atoms with Gasteiger partial charge in [0.1, 0.15) is 12.1 Å². The predicted molar refractivity (Wildman–Crippen MR) is 71.2 cm³/mol. The lowest BCUT2D eigenvalue weighted by Gasteiger charge is -2.20. The van der Waals surface area contributed by atoms with E-state index < -0.39 is 23.2 Å². The highest BCUT2D eigenvalue weighted by Crippen LogP contribution is 2.10. The van der Waals surface area contributed by atoms with Crippen molar-refractivity contribution in [2.24, 2.45) is 5.73 Å². The highest BCUT2D eigenvalue weighted by molar-refractivity contribution is 5.76. The number of hydrogen-bond acceptors (Lipinski definition) is 6. The number of nitrogens with two attached hydrogens (primary N) is 1. The molecule has 0 aliphatic rings. The number of carbonyl (C=O) groups is 1. The topological polar surface area (TPSA) is 105 Å². The Bertz CT molecular complexity index is 438. The maximum absolute atomic E-state index is 11.7. The summed E-state index contributed by atoms with van der Waals surface area (Å²) in [5, 5.41) is 9.57. The molecule has 0 saturated heterocycles. The van der Waals surface area contributed by atoms with Crippen LogP contribution < -0.4 is 5.73 Å². The van der Waals surface area contributed by atoms with Crippen LogP contribution in [0.25, 0.3) is 0 Å². The van der Waals surface area contributed by atoms with Gasteiger partial charge in [0.15, 0.2) is 0 Å². The SMILES string of the molecule is CCCOC(=O)C(N)C(Cc1ccccc1)O[N+](=O)[O-]. The second-order valence-corrected chi connectivity index (χ2v) is 4.25. The first-order chi connectivity index (χ1) is 9.54. The molecule has 0 heterocycles. The van der Waals surface area contributed by atoms with Gasteiger partial charge >= 0.3 is 5.97 Å². The molecule has 1 rings (SSSR count). The van der Waals surface area contributed by atoms with Gasteiger partial charge in [-0.15, -0.1) is 10.1 Å². The lowest BCUT2D eigenvalue weighted by molar-refractivity contribution is -0.768. The van der Waals surface area contributed by atoms with Crippen LogP contribution in [0.1, 0.15) is 18.9 Å². The maximum Gasteiger partial charge on any atom is 0.325 e. The molecule has 0 aliphatic heterocycles. The molecule has 1 aromatic rings. The third-order valence-corrected chi connectivity index (χ3v) is 2.62. The summed E-state index contributed by atoms with van der Waals surface area (Å²) in [4.78, 5) is 26.7. The summed E-state index contributed by atoms with van der Waals surface area (Å²) in [6, 6.07) is 7.76. The molecular formula is C13H18N2O5. The molecule has 0 spiro atoms. The predicted octanol–water partition coefficient (Wildman–Crippen LogP) is 1.09. The van der Waals surface area contributed by atoms with Crippen molar-refractivity contribution in [2.45, 2.75) is 31.9 Å². The molecule has 0 amide bonds. The van der Waals surface area contributed by atoms with E-state index in [1.165, 1.54) is 0 Å². The van der Waals surface area contributed by atoms with Crippen LogP contribution in [0.2, 0.25) is 0 Å². The van der Waals surface area contributed by atoms with Crippen molar-refractivity contribution in [2.75, 3.05) is 6.61 Å². The molecule has 0 radical (unpaired) electrons. The van der Waals surface area contributed by atoms with Crippen molar-refractivity contribution in [3.8, 4) is 0 Å². The molecule has 1 aromatic carbocycles. The van der Waals surface area contributed by atoms with Crippen molar-refractivity contribution >= 4 is 5.97 Å². The minimum atomic E-state index is -1.20. The summed E-state index contributed by atoms with van der Waals surface area (Å²) in [6.07, 6.45) is -0.265. The van der Waals surface area contributed by atoms with Crippen LogP contribution in [0, 0.1) is 10.1 Å². The monoisotopic (exact) mass is 282 g/mol. The van der Waals surface area contributed by atoms with Gasteiger partial charge in [0.25, 0.3) is 5.09 Å². The molecule has 2 atom stereocenters. The van der Waals surface area contributed by atoms with Gasteiger partial charge < -0.3 is 15.3 Å². The summed E-state index contributed by atoms with van der Waals surface area (Å²) in [6.45, 7) is 2.07. The van der Waals surface area contributed by atoms with Gasteiger partial charge in [-0.05, 0) is 12.0 Å². The van der Waals surface area contributed by atoms with Crippen LogP contribution in [-0.4, -0.2) is 29.8 Å². The largest absolute Gasteiger partial charge is 0.464 e. The molecule has 2 unspecified atom stereocenters. The molecule has 7 heteroatoms. The molecule has 0 aliphatic carbocycles. The maximum atomic E-state index is 11.7. The number of carbonyl (C=O) groups excluding carboxylic acids is 1. The van der Waals surface area contributed by atoms with Crippen molar-refractivity contribution in [1.82, 2.24) is 0 Å². The van der Waals surface area contributed by atoms with Crippen molar-refractivity contribution in [3.05, 3.63) is 46.0 Å². The molecule has 0 saturated carbocycles. The molecule has 2 N–H and O–H groups in total. The van der Waals surface area contributed by atoms with Gasteiger partial charge in [-0.25, -0.2) is 0 Å². The second-order valence-electron chi connectivity index (χ2n) is 4.25. The highest BCUT2D eigenvalue weighted by Gasteiger charge is 2.29. The van der Waals surface area contributed by atoms with Crippen LogP contribution in [0.15, 0.2) is 30.3 Å². The molecule has 7 nitrogen and oxygen atoms in total. The average Bonchev–Trinajstić information content (AvgIpc) is 2.44. The third kappa shape index (κ3) is 5.23. The van der Waals surface area contributed by atoms with E-state index in [1.54, 1.807) is 24.3 Å². The zero-order valence-corrected chi connectivity index (χ0v) is 11.2. The summed E-state index contributed by atoms with van der Waals surface area (Å²) in [5.41, 5.74) is 6.48. The number of rotatable bonds is 8. The van der Waals surface area contributed by atoms with Crippen molar-refractivity contribution < 1.29 is 19.5 Å². The quantitative estimate of drug-likeness (QED) is 0.434. The van der Waals surface area contributed by atoms with Gasteiger partial charge in [-0.3, -0.25) is 4.79 Å². The van der Waals surface area contributed by atoms with Gasteiger partial charge in [-0.2, -0.15) is 0 Å². The van der Waals surface area contributed by atoms with Gasteiger partial charge in [0.2, 0.25) is 0 Å². The van der Waals surface area contributed by atoms with Crippen LogP contribution >= 0.6 is 0 Å². The van der Waals surface area contributed by atoms with Gasteiger partial charge in [0, 0.05) is 6.42 Å². The number of hydrogen-bond donors (Lipinski definition) is 1. The Morgan fingerprint density at radius 2 is 2.05 bits per heavy atom. The minimum Gasteiger partial charge on any atom is -0.464 e. The standard InChI is InChI=1S/C13H18N2O5/c1-2-8-19-13(16)12(14)11(20-15(17)18)9-10-6-4-3-5-7-10/h3-7,11-12H,2,8-9,14H2,1H3. The molecule has 0 aromatic heterocycles. The molecule has 0 fully saturated rings. The number of nitrogens with zero attached hydrogens (tertiary/aromatic N) is 1. The Morgan fingerprint density at radius 3 is 2.60 bits per heavy atom. The van der Waals surface area contributed by atoms with E-state index in [4.69, 9.17) is 10.5 Å². The Hall–Kier alpha value is -2.15. The lowest BCUT2D eigenvalue weighted by atomic mass is 10.0. The van der Waals surface area contributed by atoms with E-state index in [-0.39, 0.29) is 13.0 Å². The number of ether oxygens (including phenoxy) is 1. The van der Waals surface area contributed by atoms with E-state index in [0.29, 0.717) is 6.42 Å². The normalized spacial score (nSPS) is 13.3. The number of benzene rings is 1. The lowest BCUT2D eigenvalue weighted by Crippen LogP contribution is -2.46. The van der Waals surface area contributed by atoms with E-state index in [0.717, 1.165) is 5.56 Å². The summed E-state index contributed by atoms with van der Waals surface area (Å²) >= 11 is 0. The molecular weight excluding hydrogens is 264 g/mol. The first-order valence-corrected chi connectivity index (χ1v) is 6.32. The highest BCUT2D eigenvalue weighted by atomic mass is 17.0. The molecule has 0 bridgehead atoms. The Balaban J connectivity index is 2.72. The molecule has 110 valence electrons. The summed E-state index contributed by atoms with van der Waals surface area (Å²) in [7, 11) is 0. The Labute approximate surface area is 116 Å². The summed E-state index contributed by atoms with van der Waals surface area (Å²) in [5.74, 6) is -0.699. The van der Waals surface area contributed by atoms with Crippen LogP contribution in [0.5, 0.6) is 0 Å². The smallest absolute Gasteiger partial charge is 0.325 e. The zero-order valence-electron chi connectivity index (χ0n) is 11.2. The van der Waals surface area contributed by atoms with E-state index in [9.17, 15) is 14.9 Å². The third-order valence-electron chi connectivity index (χ3n) is 2.62. The van der Waals surface area contributed by atoms with Crippen LogP contribution in [0.3, 0.4) is 0 Å². The second kappa shape index (κ2) is 8.11. The Kier molecular flexibility index (Phi) is 6.45. The van der Waals surface area contributed by atoms with Gasteiger partial charge in [-0.1, -0.05) is 37.3 Å². The van der Waals surface area contributed by atoms with Crippen LogP contribution in [0.4, 0.5) is 0 Å². The van der Waals surface area contributed by atoms with Gasteiger partial charge in [0.05, 0.1) is 6.61 Å². The van der Waals surface area contributed by atoms with E-state index >= 15 is 0 Å².